The summed E-state index contributed by atoms with van der Waals surface area (Å²) in [6, 6.07) is 11.4. The summed E-state index contributed by atoms with van der Waals surface area (Å²) in [4.78, 5) is 18.7. The number of carbonyl (C=O) groups excluding carboxylic acids is 1. The summed E-state index contributed by atoms with van der Waals surface area (Å²) in [6.45, 7) is 2.38. The van der Waals surface area contributed by atoms with Crippen LogP contribution in [0.1, 0.15) is 12.5 Å². The molecule has 0 saturated carbocycles. The Balaban J connectivity index is 1.96. The van der Waals surface area contributed by atoms with Crippen LogP contribution in [0, 0.1) is 5.82 Å². The second-order valence-corrected chi connectivity index (χ2v) is 6.88. The van der Waals surface area contributed by atoms with Crippen molar-refractivity contribution in [2.75, 3.05) is 13.7 Å². The zero-order valence-electron chi connectivity index (χ0n) is 14.2. The van der Waals surface area contributed by atoms with Crippen molar-refractivity contribution in [3.63, 3.8) is 0 Å². The van der Waals surface area contributed by atoms with E-state index in [4.69, 9.17) is 16.3 Å². The SMILES string of the molecule is CCOc1ccc(Cl)cc1/C=C1/SC(=Nc2ccccc2F)N(C)C1=O. The number of rotatable bonds is 4. The molecule has 0 atom stereocenters. The lowest BCUT2D eigenvalue weighted by atomic mass is 10.2. The molecule has 4 nitrogen and oxygen atoms in total. The van der Waals surface area contributed by atoms with Gasteiger partial charge in [-0.05, 0) is 55.1 Å². The van der Waals surface area contributed by atoms with Crippen molar-refractivity contribution in [1.82, 2.24) is 4.90 Å². The molecule has 26 heavy (non-hydrogen) atoms. The third-order valence-corrected chi connectivity index (χ3v) is 4.93. The van der Waals surface area contributed by atoms with Crippen molar-refractivity contribution >= 4 is 46.2 Å². The first-order valence-corrected chi connectivity index (χ1v) is 9.12. The van der Waals surface area contributed by atoms with E-state index in [1.54, 1.807) is 49.5 Å². The summed E-state index contributed by atoms with van der Waals surface area (Å²) in [5.41, 5.74) is 0.893. The van der Waals surface area contributed by atoms with Crippen LogP contribution in [-0.2, 0) is 4.79 Å². The lowest BCUT2D eigenvalue weighted by molar-refractivity contribution is -0.121. The van der Waals surface area contributed by atoms with Crippen molar-refractivity contribution < 1.29 is 13.9 Å². The minimum atomic E-state index is -0.438. The summed E-state index contributed by atoms with van der Waals surface area (Å²) < 4.78 is 19.4. The number of carbonyl (C=O) groups is 1. The highest BCUT2D eigenvalue weighted by atomic mass is 35.5. The lowest BCUT2D eigenvalue weighted by Crippen LogP contribution is -2.23. The number of likely N-dealkylation sites (N-methyl/N-ethyl adjacent to an activating group) is 1. The third kappa shape index (κ3) is 3.92. The molecule has 0 aliphatic carbocycles. The Morgan fingerprint density at radius 1 is 1.31 bits per heavy atom. The van der Waals surface area contributed by atoms with Gasteiger partial charge in [0.15, 0.2) is 5.17 Å². The molecule has 1 amide bonds. The molecule has 0 aromatic heterocycles. The molecule has 1 saturated heterocycles. The number of nitrogens with zero attached hydrogens (tertiary/aromatic N) is 2. The predicted octanol–water partition coefficient (Wildman–Crippen LogP) is 5.11. The van der Waals surface area contributed by atoms with Crippen LogP contribution in [0.2, 0.25) is 5.02 Å². The summed E-state index contributed by atoms with van der Waals surface area (Å²) in [5.74, 6) is -0.0141. The molecule has 1 aliphatic heterocycles. The number of aliphatic imine (C=N–C) groups is 1. The summed E-state index contributed by atoms with van der Waals surface area (Å²) in [5, 5.41) is 0.954. The van der Waals surface area contributed by atoms with Crippen molar-refractivity contribution in [3.05, 3.63) is 63.8 Å². The molecule has 3 rings (SSSR count). The number of hydrogen-bond acceptors (Lipinski definition) is 4. The third-order valence-electron chi connectivity index (χ3n) is 3.63. The molecule has 0 unspecified atom stereocenters. The normalized spacial score (nSPS) is 17.4. The largest absolute Gasteiger partial charge is 0.493 e. The van der Waals surface area contributed by atoms with E-state index in [1.165, 1.54) is 22.7 Å². The maximum Gasteiger partial charge on any atom is 0.266 e. The average Bonchev–Trinajstić information content (AvgIpc) is 2.87. The van der Waals surface area contributed by atoms with Gasteiger partial charge in [0.2, 0.25) is 0 Å². The van der Waals surface area contributed by atoms with Gasteiger partial charge in [-0.3, -0.25) is 9.69 Å². The van der Waals surface area contributed by atoms with Crippen LogP contribution in [0.3, 0.4) is 0 Å². The zero-order chi connectivity index (χ0) is 18.7. The van der Waals surface area contributed by atoms with E-state index in [-0.39, 0.29) is 11.6 Å². The number of hydrogen-bond donors (Lipinski definition) is 0. The van der Waals surface area contributed by atoms with E-state index in [2.05, 4.69) is 4.99 Å². The van der Waals surface area contributed by atoms with E-state index in [0.29, 0.717) is 33.0 Å². The van der Waals surface area contributed by atoms with Gasteiger partial charge in [0, 0.05) is 17.6 Å². The molecular formula is C19H16ClFN2O2S. The molecule has 1 fully saturated rings. The number of amides is 1. The summed E-state index contributed by atoms with van der Waals surface area (Å²) >= 11 is 7.25. The van der Waals surface area contributed by atoms with Gasteiger partial charge in [-0.2, -0.15) is 0 Å². The van der Waals surface area contributed by atoms with Gasteiger partial charge in [-0.15, -0.1) is 0 Å². The van der Waals surface area contributed by atoms with Gasteiger partial charge in [0.1, 0.15) is 17.3 Å². The summed E-state index contributed by atoms with van der Waals surface area (Å²) in [7, 11) is 1.61. The Labute approximate surface area is 160 Å². The second kappa shape index (κ2) is 7.93. The monoisotopic (exact) mass is 390 g/mol. The molecule has 0 N–H and O–H groups in total. The molecule has 2 aromatic carbocycles. The maximum atomic E-state index is 13.8. The fourth-order valence-corrected chi connectivity index (χ4v) is 3.51. The van der Waals surface area contributed by atoms with Crippen LogP contribution in [0.25, 0.3) is 6.08 Å². The first-order valence-electron chi connectivity index (χ1n) is 7.92. The molecule has 2 aromatic rings. The van der Waals surface area contributed by atoms with Crippen LogP contribution in [0.5, 0.6) is 5.75 Å². The Morgan fingerprint density at radius 3 is 2.81 bits per heavy atom. The van der Waals surface area contributed by atoms with E-state index in [0.717, 1.165) is 0 Å². The second-order valence-electron chi connectivity index (χ2n) is 5.44. The van der Waals surface area contributed by atoms with E-state index in [9.17, 15) is 9.18 Å². The smallest absolute Gasteiger partial charge is 0.266 e. The molecule has 134 valence electrons. The van der Waals surface area contributed by atoms with Crippen LogP contribution < -0.4 is 4.74 Å². The standard InChI is InChI=1S/C19H16ClFN2O2S/c1-3-25-16-9-8-13(20)10-12(16)11-17-18(24)23(2)19(26-17)22-15-7-5-4-6-14(15)21/h4-11H,3H2,1-2H3/b17-11+,22-19?. The van der Waals surface area contributed by atoms with Crippen molar-refractivity contribution in [2.45, 2.75) is 6.92 Å². The molecule has 0 radical (unpaired) electrons. The van der Waals surface area contributed by atoms with Gasteiger partial charge >= 0.3 is 0 Å². The fourth-order valence-electron chi connectivity index (χ4n) is 2.36. The highest BCUT2D eigenvalue weighted by Gasteiger charge is 2.30. The van der Waals surface area contributed by atoms with E-state index in [1.807, 2.05) is 6.92 Å². The molecule has 1 heterocycles. The Morgan fingerprint density at radius 2 is 2.08 bits per heavy atom. The first kappa shape index (κ1) is 18.5. The molecule has 7 heteroatoms. The minimum Gasteiger partial charge on any atom is -0.493 e. The van der Waals surface area contributed by atoms with Crippen LogP contribution in [-0.4, -0.2) is 29.6 Å². The minimum absolute atomic E-state index is 0.189. The molecular weight excluding hydrogens is 375 g/mol. The number of thioether (sulfide) groups is 1. The van der Waals surface area contributed by atoms with Crippen molar-refractivity contribution in [3.8, 4) is 5.75 Å². The number of ether oxygens (including phenoxy) is 1. The first-order chi connectivity index (χ1) is 12.5. The van der Waals surface area contributed by atoms with Gasteiger partial charge in [0.05, 0.1) is 11.5 Å². The Kier molecular flexibility index (Phi) is 5.64. The number of amidine groups is 1. The van der Waals surface area contributed by atoms with Gasteiger partial charge in [-0.25, -0.2) is 9.38 Å². The quantitative estimate of drug-likeness (QED) is 0.681. The molecule has 0 bridgehead atoms. The zero-order valence-corrected chi connectivity index (χ0v) is 15.8. The topological polar surface area (TPSA) is 41.9 Å². The fraction of sp³-hybridized carbons (Fsp3) is 0.158. The molecule has 0 spiro atoms. The van der Waals surface area contributed by atoms with E-state index < -0.39 is 5.82 Å². The van der Waals surface area contributed by atoms with Gasteiger partial charge in [0.25, 0.3) is 5.91 Å². The Hall–Kier alpha value is -2.31. The van der Waals surface area contributed by atoms with Gasteiger partial charge < -0.3 is 4.74 Å². The highest BCUT2D eigenvalue weighted by Crippen LogP contribution is 2.35. The van der Waals surface area contributed by atoms with E-state index >= 15 is 0 Å². The molecule has 1 aliphatic rings. The average molecular weight is 391 g/mol. The summed E-state index contributed by atoms with van der Waals surface area (Å²) in [6.07, 6.45) is 1.71. The number of benzene rings is 2. The van der Waals surface area contributed by atoms with Crippen molar-refractivity contribution in [2.24, 2.45) is 4.99 Å². The highest BCUT2D eigenvalue weighted by molar-refractivity contribution is 8.18. The number of para-hydroxylation sites is 1. The van der Waals surface area contributed by atoms with Gasteiger partial charge in [-0.1, -0.05) is 23.7 Å². The predicted molar refractivity (Wildman–Crippen MR) is 104 cm³/mol. The Bertz CT molecular complexity index is 914. The van der Waals surface area contributed by atoms with Crippen molar-refractivity contribution in [1.29, 1.82) is 0 Å². The van der Waals surface area contributed by atoms with Crippen LogP contribution >= 0.6 is 23.4 Å². The number of halogens is 2. The lowest BCUT2D eigenvalue weighted by Gasteiger charge is -2.08. The van der Waals surface area contributed by atoms with Crippen LogP contribution in [0.4, 0.5) is 10.1 Å². The maximum absolute atomic E-state index is 13.8. The van der Waals surface area contributed by atoms with Crippen LogP contribution in [0.15, 0.2) is 52.4 Å².